The molecule has 1 aliphatic heterocycles. The highest BCUT2D eigenvalue weighted by Crippen LogP contribution is 2.36. The number of amides is 1. The summed E-state index contributed by atoms with van der Waals surface area (Å²) < 4.78 is 40.1. The van der Waals surface area contributed by atoms with Gasteiger partial charge >= 0.3 is 0 Å². The van der Waals surface area contributed by atoms with Gasteiger partial charge in [-0.3, -0.25) is 9.78 Å². The summed E-state index contributed by atoms with van der Waals surface area (Å²) in [5.41, 5.74) is 1.92. The van der Waals surface area contributed by atoms with Gasteiger partial charge in [0.1, 0.15) is 12.4 Å². The van der Waals surface area contributed by atoms with Crippen LogP contribution in [0.5, 0.6) is 5.75 Å². The van der Waals surface area contributed by atoms with Crippen molar-refractivity contribution < 1.29 is 27.8 Å². The number of piperidine rings is 1. The van der Waals surface area contributed by atoms with E-state index in [2.05, 4.69) is 4.98 Å². The average Bonchev–Trinajstić information content (AvgIpc) is 3.73. The summed E-state index contributed by atoms with van der Waals surface area (Å²) in [6.07, 6.45) is 6.23. The molecule has 208 valence electrons. The molecule has 1 saturated heterocycles. The molecular weight excluding hydrogens is 506 g/mol. The predicted molar refractivity (Wildman–Crippen MR) is 143 cm³/mol. The molecule has 2 aliphatic rings. The molecule has 2 heterocycles. The van der Waals surface area contributed by atoms with Gasteiger partial charge < -0.3 is 19.5 Å². The average molecular weight is 546 g/mol. The van der Waals surface area contributed by atoms with Crippen LogP contribution in [-0.4, -0.2) is 80.1 Å². The summed E-state index contributed by atoms with van der Waals surface area (Å²) in [6.45, 7) is 6.94. The van der Waals surface area contributed by atoms with Gasteiger partial charge in [-0.1, -0.05) is 6.07 Å². The number of sulfonamides is 1. The van der Waals surface area contributed by atoms with Crippen LogP contribution in [0.15, 0.2) is 35.5 Å². The van der Waals surface area contributed by atoms with Crippen molar-refractivity contribution in [1.29, 1.82) is 0 Å². The van der Waals surface area contributed by atoms with Crippen LogP contribution in [0.2, 0.25) is 0 Å². The third-order valence-electron chi connectivity index (χ3n) is 7.81. The lowest BCUT2D eigenvalue weighted by Crippen LogP contribution is -2.46. The molecule has 38 heavy (non-hydrogen) atoms. The van der Waals surface area contributed by atoms with E-state index in [1.54, 1.807) is 43.5 Å². The maximum atomic E-state index is 13.8. The summed E-state index contributed by atoms with van der Waals surface area (Å²) in [5, 5.41) is 11.0. The van der Waals surface area contributed by atoms with Crippen molar-refractivity contribution in [3.8, 4) is 5.75 Å². The van der Waals surface area contributed by atoms with Crippen molar-refractivity contribution >= 4 is 15.9 Å². The van der Waals surface area contributed by atoms with Crippen molar-refractivity contribution in [2.75, 3.05) is 46.5 Å². The zero-order valence-electron chi connectivity index (χ0n) is 22.8. The molecule has 0 atom stereocenters. The minimum absolute atomic E-state index is 0.123. The second-order valence-electron chi connectivity index (χ2n) is 10.5. The second-order valence-corrected chi connectivity index (χ2v) is 12.4. The molecule has 1 saturated carbocycles. The number of carbonyl (C=O) groups excluding carboxylic acids is 1. The van der Waals surface area contributed by atoms with Gasteiger partial charge in [-0.05, 0) is 81.2 Å². The number of aromatic nitrogens is 1. The Labute approximate surface area is 225 Å². The zero-order chi connectivity index (χ0) is 27.5. The highest BCUT2D eigenvalue weighted by Gasteiger charge is 2.36. The zero-order valence-corrected chi connectivity index (χ0v) is 23.6. The number of likely N-dealkylation sites (tertiary alicyclic amines) is 1. The number of ether oxygens (including phenoxy) is 2. The number of nitrogens with zero attached hydrogens (tertiary/aromatic N) is 3. The number of hydrogen-bond acceptors (Lipinski definition) is 7. The Kier molecular flexibility index (Phi) is 8.76. The molecule has 4 rings (SSSR count). The molecular formula is C28H39N3O6S. The van der Waals surface area contributed by atoms with Crippen LogP contribution in [0, 0.1) is 26.7 Å². The summed E-state index contributed by atoms with van der Waals surface area (Å²) in [6, 6.07) is 5.42. The van der Waals surface area contributed by atoms with Crippen LogP contribution in [0.3, 0.4) is 0 Å². The number of hydrogen-bond donors (Lipinski definition) is 1. The minimum Gasteiger partial charge on any atom is -0.496 e. The van der Waals surface area contributed by atoms with Gasteiger partial charge in [-0.15, -0.1) is 0 Å². The van der Waals surface area contributed by atoms with Gasteiger partial charge in [-0.2, -0.15) is 4.31 Å². The molecule has 1 N–H and O–H groups in total. The minimum atomic E-state index is -3.76. The van der Waals surface area contributed by atoms with Crippen LogP contribution in [-0.2, 0) is 25.2 Å². The Morgan fingerprint density at radius 1 is 1.21 bits per heavy atom. The first-order chi connectivity index (χ1) is 18.1. The molecule has 0 bridgehead atoms. The van der Waals surface area contributed by atoms with Gasteiger partial charge in [-0.25, -0.2) is 8.42 Å². The molecule has 9 nitrogen and oxygen atoms in total. The van der Waals surface area contributed by atoms with E-state index in [9.17, 15) is 18.3 Å². The van der Waals surface area contributed by atoms with E-state index in [0.29, 0.717) is 60.2 Å². The van der Waals surface area contributed by atoms with E-state index in [4.69, 9.17) is 9.47 Å². The Hall–Kier alpha value is -2.53. The smallest absolute Gasteiger partial charge is 0.248 e. The van der Waals surface area contributed by atoms with Crippen molar-refractivity contribution in [3.63, 3.8) is 0 Å². The standard InChI is InChI=1S/C28H39N3O6S/c1-20-16-25(36-4)21(2)22(3)27(20)38(34,35)31(18-23-7-8-23)14-15-37-19-26(32)30-12-9-28(33,10-13-30)24-6-5-11-29-17-24/h5-6,11,16-17,23,33H,7-10,12-15,18-19H2,1-4H3. The quantitative estimate of drug-likeness (QED) is 0.433. The summed E-state index contributed by atoms with van der Waals surface area (Å²) in [4.78, 5) is 18.8. The number of aryl methyl sites for hydroxylation is 1. The molecule has 1 amide bonds. The van der Waals surface area contributed by atoms with Crippen LogP contribution < -0.4 is 4.74 Å². The largest absolute Gasteiger partial charge is 0.496 e. The molecule has 0 spiro atoms. The first-order valence-electron chi connectivity index (χ1n) is 13.2. The van der Waals surface area contributed by atoms with Crippen LogP contribution >= 0.6 is 0 Å². The number of carbonyl (C=O) groups is 1. The molecule has 1 aliphatic carbocycles. The summed E-state index contributed by atoms with van der Waals surface area (Å²) >= 11 is 0. The van der Waals surface area contributed by atoms with Gasteiger partial charge in [0, 0.05) is 44.1 Å². The third-order valence-corrected chi connectivity index (χ3v) is 9.96. The van der Waals surface area contributed by atoms with E-state index >= 15 is 0 Å². The molecule has 0 unspecified atom stereocenters. The number of methoxy groups -OCH3 is 1. The fourth-order valence-corrected chi connectivity index (χ4v) is 7.11. The van der Waals surface area contributed by atoms with Crippen molar-refractivity contribution in [2.45, 2.75) is 57.0 Å². The maximum absolute atomic E-state index is 13.8. The van der Waals surface area contributed by atoms with E-state index < -0.39 is 15.6 Å². The van der Waals surface area contributed by atoms with E-state index in [1.807, 2.05) is 19.9 Å². The number of benzene rings is 1. The number of pyridine rings is 1. The van der Waals surface area contributed by atoms with Crippen molar-refractivity contribution in [1.82, 2.24) is 14.2 Å². The van der Waals surface area contributed by atoms with Gasteiger partial charge in [0.2, 0.25) is 15.9 Å². The molecule has 10 heteroatoms. The summed E-state index contributed by atoms with van der Waals surface area (Å²) in [7, 11) is -2.17. The highest BCUT2D eigenvalue weighted by atomic mass is 32.2. The van der Waals surface area contributed by atoms with Crippen LogP contribution in [0.25, 0.3) is 0 Å². The normalized spacial score (nSPS) is 17.6. The van der Waals surface area contributed by atoms with Gasteiger partial charge in [0.15, 0.2) is 0 Å². The van der Waals surface area contributed by atoms with Gasteiger partial charge in [0.25, 0.3) is 0 Å². The molecule has 1 aromatic heterocycles. The lowest BCUT2D eigenvalue weighted by Gasteiger charge is -2.38. The van der Waals surface area contributed by atoms with Crippen LogP contribution in [0.1, 0.15) is 47.9 Å². The molecule has 2 fully saturated rings. The lowest BCUT2D eigenvalue weighted by molar-refractivity contribution is -0.140. The topological polar surface area (TPSA) is 109 Å². The SMILES string of the molecule is COc1cc(C)c(S(=O)(=O)N(CCOCC(=O)N2CCC(O)(c3cccnc3)CC2)CC2CC2)c(C)c1C. The van der Waals surface area contributed by atoms with Crippen molar-refractivity contribution in [2.24, 2.45) is 5.92 Å². The first-order valence-corrected chi connectivity index (χ1v) is 14.6. The number of aliphatic hydroxyl groups is 1. The third kappa shape index (κ3) is 6.20. The van der Waals surface area contributed by atoms with E-state index in [-0.39, 0.29) is 25.7 Å². The Morgan fingerprint density at radius 2 is 1.92 bits per heavy atom. The number of rotatable bonds is 11. The van der Waals surface area contributed by atoms with Gasteiger partial charge in [0.05, 0.1) is 24.2 Å². The fraction of sp³-hybridized carbons (Fsp3) is 0.571. The Balaban J connectivity index is 1.34. The molecule has 1 aromatic carbocycles. The fourth-order valence-electron chi connectivity index (χ4n) is 5.13. The second kappa shape index (κ2) is 11.7. The van der Waals surface area contributed by atoms with E-state index in [1.165, 1.54) is 4.31 Å². The summed E-state index contributed by atoms with van der Waals surface area (Å²) in [5.74, 6) is 0.872. The Bertz CT molecular complexity index is 1240. The van der Waals surface area contributed by atoms with E-state index in [0.717, 1.165) is 24.0 Å². The molecule has 0 radical (unpaired) electrons. The predicted octanol–water partition coefficient (Wildman–Crippen LogP) is 2.94. The first kappa shape index (κ1) is 28.5. The highest BCUT2D eigenvalue weighted by molar-refractivity contribution is 7.89. The molecule has 2 aromatic rings. The maximum Gasteiger partial charge on any atom is 0.248 e. The Morgan fingerprint density at radius 3 is 2.53 bits per heavy atom. The van der Waals surface area contributed by atoms with Crippen molar-refractivity contribution in [3.05, 3.63) is 52.8 Å². The van der Waals surface area contributed by atoms with Crippen LogP contribution in [0.4, 0.5) is 0 Å². The lowest BCUT2D eigenvalue weighted by atomic mass is 9.85. The monoisotopic (exact) mass is 545 g/mol.